The van der Waals surface area contributed by atoms with E-state index in [4.69, 9.17) is 15.6 Å². The smallest absolute Gasteiger partial charge is 0.251 e. The van der Waals surface area contributed by atoms with Crippen LogP contribution in [0.15, 0.2) is 54.6 Å². The summed E-state index contributed by atoms with van der Waals surface area (Å²) in [6.07, 6.45) is 3.63. The zero-order valence-electron chi connectivity index (χ0n) is 18.5. The molecule has 0 saturated carbocycles. The molecule has 1 heterocycles. The van der Waals surface area contributed by atoms with Crippen LogP contribution in [0.1, 0.15) is 27.0 Å². The van der Waals surface area contributed by atoms with Crippen molar-refractivity contribution in [3.63, 3.8) is 0 Å². The maximum Gasteiger partial charge on any atom is 0.251 e. The number of carbonyl (C=O) groups is 2. The van der Waals surface area contributed by atoms with E-state index in [0.717, 1.165) is 44.0 Å². The van der Waals surface area contributed by atoms with Crippen LogP contribution in [0.25, 0.3) is 6.08 Å². The van der Waals surface area contributed by atoms with E-state index in [0.29, 0.717) is 5.56 Å². The van der Waals surface area contributed by atoms with Crippen molar-refractivity contribution in [2.45, 2.75) is 12.6 Å². The second-order valence-electron chi connectivity index (χ2n) is 7.70. The average molecular weight is 448 g/mol. The number of ether oxygens (including phenoxy) is 1. The Morgan fingerprint density at radius 1 is 1.12 bits per heavy atom. The van der Waals surface area contributed by atoms with Gasteiger partial charge in [0.15, 0.2) is 5.78 Å². The number of hydrogen-bond acceptors (Lipinski definition) is 6. The van der Waals surface area contributed by atoms with Gasteiger partial charge in [-0.05, 0) is 47.5 Å². The van der Waals surface area contributed by atoms with Crippen molar-refractivity contribution < 1.29 is 19.4 Å². The number of amides is 1. The molecule has 7 nitrogen and oxygen atoms in total. The Hall–Kier alpha value is -3.28. The van der Waals surface area contributed by atoms with E-state index in [2.05, 4.69) is 34.2 Å². The van der Waals surface area contributed by atoms with Crippen LogP contribution < -0.4 is 11.1 Å². The molecule has 172 valence electrons. The molecule has 1 aliphatic heterocycles. The topological polar surface area (TPSA) is 105 Å². The minimum Gasteiger partial charge on any atom is -0.388 e. The lowest BCUT2D eigenvalue weighted by molar-refractivity contribution is -0.123. The molecule has 3 rings (SSSR count). The molecule has 2 aromatic rings. The number of benzene rings is 2. The molecule has 1 fully saturated rings. The fraction of sp³-hybridized carbons (Fsp3) is 0.308. The number of nitrogens with one attached hydrogen (secondary N) is 1. The Balaban J connectivity index is 1.51. The molecule has 2 aromatic carbocycles. The first-order valence-electron chi connectivity index (χ1n) is 10.9. The molecular weight excluding hydrogens is 418 g/mol. The van der Waals surface area contributed by atoms with Gasteiger partial charge in [0.25, 0.3) is 5.91 Å². The van der Waals surface area contributed by atoms with Crippen LogP contribution in [-0.4, -0.2) is 67.2 Å². The molecule has 0 aliphatic carbocycles. The number of rotatable bonds is 8. The number of carbonyl (C=O) groups excluding carboxylic acids is 2. The van der Waals surface area contributed by atoms with Crippen molar-refractivity contribution in [1.82, 2.24) is 10.2 Å². The Morgan fingerprint density at radius 2 is 1.82 bits per heavy atom. The number of nitrogens with zero attached hydrogens (tertiary/aromatic N) is 1. The van der Waals surface area contributed by atoms with Gasteiger partial charge in [0.1, 0.15) is 12.6 Å². The van der Waals surface area contributed by atoms with Crippen LogP contribution in [0.3, 0.4) is 0 Å². The summed E-state index contributed by atoms with van der Waals surface area (Å²) < 4.78 is 5.38. The Labute approximate surface area is 194 Å². The lowest BCUT2D eigenvalue weighted by Crippen LogP contribution is -2.46. The van der Waals surface area contributed by atoms with Crippen LogP contribution in [0, 0.1) is 11.8 Å². The molecule has 0 radical (unpaired) electrons. The second kappa shape index (κ2) is 12.7. The molecule has 4 N–H and O–H groups in total. The summed E-state index contributed by atoms with van der Waals surface area (Å²) in [5.74, 6) is 5.22. The Bertz CT molecular complexity index is 1010. The largest absolute Gasteiger partial charge is 0.388 e. The van der Waals surface area contributed by atoms with Gasteiger partial charge in [-0.15, -0.1) is 0 Å². The zero-order valence-corrected chi connectivity index (χ0v) is 18.5. The molecule has 0 aromatic heterocycles. The van der Waals surface area contributed by atoms with E-state index >= 15 is 0 Å². The summed E-state index contributed by atoms with van der Waals surface area (Å²) >= 11 is 0. The minimum absolute atomic E-state index is 0.0682. The molecular formula is C26H29N3O4. The van der Waals surface area contributed by atoms with Crippen molar-refractivity contribution in [2.75, 3.05) is 39.5 Å². The molecule has 33 heavy (non-hydrogen) atoms. The number of allylic oxidation sites excluding steroid dienone is 1. The maximum atomic E-state index is 12.2. The Morgan fingerprint density at radius 3 is 2.45 bits per heavy atom. The zero-order chi connectivity index (χ0) is 23.5. The number of ketones is 1. The Kier molecular flexibility index (Phi) is 9.36. The summed E-state index contributed by atoms with van der Waals surface area (Å²) in [5.41, 5.74) is 8.99. The molecule has 1 atom stereocenters. The number of morpholine rings is 1. The third kappa shape index (κ3) is 7.67. The van der Waals surface area contributed by atoms with Gasteiger partial charge in [0.05, 0.1) is 13.2 Å². The van der Waals surface area contributed by atoms with Crippen LogP contribution in [0.4, 0.5) is 0 Å². The second-order valence-corrected chi connectivity index (χ2v) is 7.70. The summed E-state index contributed by atoms with van der Waals surface area (Å²) in [6, 6.07) is 14.3. The number of aliphatic hydroxyl groups excluding tert-OH is 1. The van der Waals surface area contributed by atoms with Gasteiger partial charge in [-0.25, -0.2) is 0 Å². The van der Waals surface area contributed by atoms with E-state index in [1.165, 1.54) is 5.56 Å². The predicted octanol–water partition coefficient (Wildman–Crippen LogP) is 1.20. The molecule has 1 saturated heterocycles. The van der Waals surface area contributed by atoms with Gasteiger partial charge >= 0.3 is 0 Å². The molecule has 7 heteroatoms. The molecule has 1 aliphatic rings. The monoisotopic (exact) mass is 447 g/mol. The van der Waals surface area contributed by atoms with Crippen molar-refractivity contribution in [1.29, 1.82) is 0 Å². The highest BCUT2D eigenvalue weighted by atomic mass is 16.5. The molecule has 0 bridgehead atoms. The standard InChI is InChI=1S/C26H29N3O4/c27-17-24(25(31)19-30)28-26(32)23-11-9-21(10-12-23)4-2-1-3-20-5-7-22(8-6-20)18-29-13-15-33-16-14-29/h2,4-12,24,30H,13-19,27H2,(H,28,32)/b4-2+/t24-/m0/s1. The highest BCUT2D eigenvalue weighted by molar-refractivity contribution is 5.98. The lowest BCUT2D eigenvalue weighted by Gasteiger charge is -2.26. The SMILES string of the molecule is NC[C@H](NC(=O)c1ccc(/C=C/C#Cc2ccc(CN3CCOCC3)cc2)cc1)C(=O)CO. The van der Waals surface area contributed by atoms with E-state index in [-0.39, 0.29) is 6.54 Å². The first kappa shape index (κ1) is 24.4. The van der Waals surface area contributed by atoms with Gasteiger partial charge in [-0.3, -0.25) is 14.5 Å². The third-order valence-electron chi connectivity index (χ3n) is 5.30. The number of hydrogen-bond donors (Lipinski definition) is 3. The highest BCUT2D eigenvalue weighted by Crippen LogP contribution is 2.09. The van der Waals surface area contributed by atoms with Crippen molar-refractivity contribution in [3.8, 4) is 11.8 Å². The van der Waals surface area contributed by atoms with Crippen LogP contribution >= 0.6 is 0 Å². The van der Waals surface area contributed by atoms with Gasteiger partial charge in [0.2, 0.25) is 0 Å². The van der Waals surface area contributed by atoms with E-state index in [1.54, 1.807) is 30.3 Å². The lowest BCUT2D eigenvalue weighted by atomic mass is 10.1. The third-order valence-corrected chi connectivity index (χ3v) is 5.30. The molecule has 0 spiro atoms. The molecule has 0 unspecified atom stereocenters. The average Bonchev–Trinajstić information content (AvgIpc) is 2.86. The van der Waals surface area contributed by atoms with Gasteiger partial charge in [-0.1, -0.05) is 36.1 Å². The van der Waals surface area contributed by atoms with E-state index < -0.39 is 24.3 Å². The van der Waals surface area contributed by atoms with E-state index in [1.807, 2.05) is 18.2 Å². The summed E-state index contributed by atoms with van der Waals surface area (Å²) in [7, 11) is 0. The molecule has 1 amide bonds. The van der Waals surface area contributed by atoms with Crippen LogP contribution in [-0.2, 0) is 16.1 Å². The normalized spacial score (nSPS) is 15.0. The van der Waals surface area contributed by atoms with Crippen molar-refractivity contribution >= 4 is 17.8 Å². The highest BCUT2D eigenvalue weighted by Gasteiger charge is 2.18. The summed E-state index contributed by atoms with van der Waals surface area (Å²) in [5, 5.41) is 11.5. The number of nitrogens with two attached hydrogens (primary N) is 1. The van der Waals surface area contributed by atoms with Crippen molar-refractivity contribution in [3.05, 3.63) is 76.9 Å². The van der Waals surface area contributed by atoms with Crippen LogP contribution in [0.5, 0.6) is 0 Å². The van der Waals surface area contributed by atoms with Gasteiger partial charge < -0.3 is 20.9 Å². The van der Waals surface area contributed by atoms with Crippen LogP contribution in [0.2, 0.25) is 0 Å². The van der Waals surface area contributed by atoms with E-state index in [9.17, 15) is 9.59 Å². The number of Topliss-reactive ketones (excluding diaryl/α,β-unsaturated/α-hetero) is 1. The van der Waals surface area contributed by atoms with Gasteiger partial charge in [-0.2, -0.15) is 0 Å². The predicted molar refractivity (Wildman–Crippen MR) is 127 cm³/mol. The first-order chi connectivity index (χ1) is 16.1. The minimum atomic E-state index is -0.897. The summed E-state index contributed by atoms with van der Waals surface area (Å²) in [4.78, 5) is 26.2. The van der Waals surface area contributed by atoms with Crippen molar-refractivity contribution in [2.24, 2.45) is 5.73 Å². The van der Waals surface area contributed by atoms with Gasteiger partial charge in [0, 0.05) is 37.3 Å². The maximum absolute atomic E-state index is 12.2. The fourth-order valence-corrected chi connectivity index (χ4v) is 3.34. The summed E-state index contributed by atoms with van der Waals surface area (Å²) in [6.45, 7) is 3.73. The number of aliphatic hydroxyl groups is 1. The fourth-order valence-electron chi connectivity index (χ4n) is 3.34. The first-order valence-corrected chi connectivity index (χ1v) is 10.9. The quantitative estimate of drug-likeness (QED) is 0.526.